The minimum Gasteiger partial charge on any atom is -0.493 e. The average molecular weight is 614 g/mol. The third kappa shape index (κ3) is 5.18. The number of hydrogen-bond acceptors (Lipinski definition) is 6. The van der Waals surface area contributed by atoms with Crippen molar-refractivity contribution in [2.45, 2.75) is 96.0 Å². The Bertz CT molecular complexity index is 1670. The van der Waals surface area contributed by atoms with Crippen LogP contribution in [0.25, 0.3) is 10.9 Å². The summed E-state index contributed by atoms with van der Waals surface area (Å²) >= 11 is 0. The zero-order valence-electron chi connectivity index (χ0n) is 27.2. The molecule has 1 aromatic heterocycles. The first-order valence-electron chi connectivity index (χ1n) is 16.5. The predicted octanol–water partition coefficient (Wildman–Crippen LogP) is 5.55. The van der Waals surface area contributed by atoms with Gasteiger partial charge in [0.1, 0.15) is 11.9 Å². The van der Waals surface area contributed by atoms with Gasteiger partial charge in [0.15, 0.2) is 0 Å². The van der Waals surface area contributed by atoms with Crippen LogP contribution in [0, 0.1) is 11.3 Å². The lowest BCUT2D eigenvalue weighted by molar-refractivity contribution is 0.0322. The van der Waals surface area contributed by atoms with E-state index in [4.69, 9.17) is 20.9 Å². The number of benzene rings is 2. The Morgan fingerprint density at radius 1 is 1.11 bits per heavy atom. The van der Waals surface area contributed by atoms with Gasteiger partial charge >= 0.3 is 6.09 Å². The molecule has 2 aromatic carbocycles. The van der Waals surface area contributed by atoms with Crippen molar-refractivity contribution in [1.82, 2.24) is 14.8 Å². The smallest absolute Gasteiger partial charge is 0.407 e. The number of nitrogens with two attached hydrogens (primary N) is 2. The number of fused-ring (bicyclic) bond motifs is 1. The average Bonchev–Trinajstić information content (AvgIpc) is 3.67. The molecule has 5 N–H and O–H groups in total. The molecule has 0 spiro atoms. The number of carbonyl (C=O) groups excluding carboxylic acids is 2. The SMILES string of the molecule is CC(C)(C)NC(=O)O[C@@H]1CCCN(C(=O)c2cc3c4c(c2)C(N)[C@@](N)(c2cc5ccccc5n2CC2CC2)C4C(C)(C)CO3)C1. The summed E-state index contributed by atoms with van der Waals surface area (Å²) < 4.78 is 14.5. The molecule has 0 bridgehead atoms. The van der Waals surface area contributed by atoms with E-state index >= 15 is 0 Å². The molecule has 45 heavy (non-hydrogen) atoms. The van der Waals surface area contributed by atoms with E-state index in [9.17, 15) is 9.59 Å². The second-order valence-electron chi connectivity index (χ2n) is 15.5. The first-order valence-corrected chi connectivity index (χ1v) is 16.5. The number of hydrogen-bond donors (Lipinski definition) is 3. The van der Waals surface area contributed by atoms with Gasteiger partial charge in [-0.15, -0.1) is 0 Å². The molecule has 2 amide bonds. The maximum absolute atomic E-state index is 14.0. The molecule has 2 fully saturated rings. The molecule has 4 atom stereocenters. The van der Waals surface area contributed by atoms with Gasteiger partial charge in [-0.3, -0.25) is 4.79 Å². The molecule has 0 radical (unpaired) electrons. The summed E-state index contributed by atoms with van der Waals surface area (Å²) in [5.74, 6) is 1.14. The molecule has 240 valence electrons. The highest BCUT2D eigenvalue weighted by Crippen LogP contribution is 2.63. The number of alkyl carbamates (subject to hydrolysis) is 1. The topological polar surface area (TPSA) is 125 Å². The van der Waals surface area contributed by atoms with Crippen molar-refractivity contribution >= 4 is 22.9 Å². The van der Waals surface area contributed by atoms with E-state index in [1.54, 1.807) is 4.90 Å². The summed E-state index contributed by atoms with van der Waals surface area (Å²) in [5, 5.41) is 4.01. The molecule has 3 heterocycles. The summed E-state index contributed by atoms with van der Waals surface area (Å²) in [6, 6.07) is 14.0. The molecule has 3 aromatic rings. The molecule has 1 saturated carbocycles. The van der Waals surface area contributed by atoms with Crippen LogP contribution < -0.4 is 21.5 Å². The zero-order chi connectivity index (χ0) is 31.9. The predicted molar refractivity (Wildman–Crippen MR) is 174 cm³/mol. The highest BCUT2D eigenvalue weighted by Gasteiger charge is 2.60. The minimum atomic E-state index is -0.898. The Labute approximate surface area is 265 Å². The first kappa shape index (κ1) is 30.1. The first-order chi connectivity index (χ1) is 21.3. The molecule has 2 aliphatic heterocycles. The van der Waals surface area contributed by atoms with Crippen LogP contribution in [-0.2, 0) is 16.8 Å². The van der Waals surface area contributed by atoms with Crippen molar-refractivity contribution in [2.24, 2.45) is 22.8 Å². The number of nitrogens with zero attached hydrogens (tertiary/aromatic N) is 2. The molecule has 4 aliphatic rings. The van der Waals surface area contributed by atoms with Crippen LogP contribution in [0.3, 0.4) is 0 Å². The molecule has 9 heteroatoms. The third-order valence-electron chi connectivity index (χ3n) is 10.2. The van der Waals surface area contributed by atoms with Crippen molar-refractivity contribution in [3.8, 4) is 5.75 Å². The number of amides is 2. The fourth-order valence-corrected chi connectivity index (χ4v) is 8.04. The van der Waals surface area contributed by atoms with Gasteiger partial charge in [-0.25, -0.2) is 4.79 Å². The highest BCUT2D eigenvalue weighted by atomic mass is 16.6. The van der Waals surface area contributed by atoms with Gasteiger partial charge in [0.05, 0.1) is 24.7 Å². The van der Waals surface area contributed by atoms with Gasteiger partial charge in [0, 0.05) is 52.3 Å². The standard InChI is InChI=1S/C36H47N5O4/c1-34(2,3)39-33(43)45-24-10-8-14-40(19-24)32(42)23-15-25-29-27(16-23)44-20-35(4,5)30(29)36(38,31(25)37)28-17-22-9-6-7-11-26(22)41(28)18-21-12-13-21/h6-7,9,11,15-17,21,24,30-31H,8,10,12-14,18-20,37-38H2,1-5H3,(H,39,43)/t24-,30?,31?,36-/m1/s1. The maximum Gasteiger partial charge on any atom is 0.407 e. The zero-order valence-corrected chi connectivity index (χ0v) is 27.2. The molecule has 7 rings (SSSR count). The van der Waals surface area contributed by atoms with Gasteiger partial charge in [0.2, 0.25) is 0 Å². The summed E-state index contributed by atoms with van der Waals surface area (Å²) in [6.45, 7) is 12.5. The van der Waals surface area contributed by atoms with Crippen LogP contribution in [0.2, 0.25) is 0 Å². The number of likely N-dealkylation sites (tertiary alicyclic amines) is 1. The lowest BCUT2D eigenvalue weighted by Gasteiger charge is -2.46. The number of nitrogens with one attached hydrogen (secondary N) is 1. The van der Waals surface area contributed by atoms with Gasteiger partial charge < -0.3 is 35.7 Å². The highest BCUT2D eigenvalue weighted by molar-refractivity contribution is 5.95. The van der Waals surface area contributed by atoms with Crippen molar-refractivity contribution in [3.63, 3.8) is 0 Å². The summed E-state index contributed by atoms with van der Waals surface area (Å²) in [4.78, 5) is 28.3. The van der Waals surface area contributed by atoms with Crippen LogP contribution in [-0.4, -0.2) is 52.8 Å². The molecule has 9 nitrogen and oxygen atoms in total. The number of aromatic nitrogens is 1. The van der Waals surface area contributed by atoms with Crippen LogP contribution in [0.1, 0.15) is 99.4 Å². The second-order valence-corrected chi connectivity index (χ2v) is 15.5. The van der Waals surface area contributed by atoms with Crippen LogP contribution >= 0.6 is 0 Å². The van der Waals surface area contributed by atoms with E-state index in [1.807, 2.05) is 32.9 Å². The van der Waals surface area contributed by atoms with E-state index in [0.29, 0.717) is 43.3 Å². The largest absolute Gasteiger partial charge is 0.493 e. The monoisotopic (exact) mass is 613 g/mol. The summed E-state index contributed by atoms with van der Waals surface area (Å²) in [6.07, 6.45) is 3.10. The lowest BCUT2D eigenvalue weighted by atomic mass is 9.65. The van der Waals surface area contributed by atoms with E-state index in [1.165, 1.54) is 23.7 Å². The Morgan fingerprint density at radius 2 is 1.87 bits per heavy atom. The van der Waals surface area contributed by atoms with Crippen LogP contribution in [0.15, 0.2) is 42.5 Å². The summed E-state index contributed by atoms with van der Waals surface area (Å²) in [5.41, 5.74) is 18.1. The third-order valence-corrected chi connectivity index (χ3v) is 10.2. The number of piperidine rings is 1. The van der Waals surface area contributed by atoms with Crippen molar-refractivity contribution in [3.05, 3.63) is 64.8 Å². The van der Waals surface area contributed by atoms with E-state index in [0.717, 1.165) is 29.8 Å². The number of ether oxygens (including phenoxy) is 2. The van der Waals surface area contributed by atoms with E-state index < -0.39 is 23.2 Å². The van der Waals surface area contributed by atoms with E-state index in [-0.39, 0.29) is 23.3 Å². The quantitative estimate of drug-likeness (QED) is 0.347. The lowest BCUT2D eigenvalue weighted by Crippen LogP contribution is -2.54. The molecular formula is C36H47N5O4. The van der Waals surface area contributed by atoms with Crippen molar-refractivity contribution < 1.29 is 19.1 Å². The normalized spacial score (nSPS) is 27.2. The van der Waals surface area contributed by atoms with Crippen molar-refractivity contribution in [1.29, 1.82) is 0 Å². The maximum atomic E-state index is 14.0. The Morgan fingerprint density at radius 3 is 2.60 bits per heavy atom. The Hall–Kier alpha value is -3.56. The fourth-order valence-electron chi connectivity index (χ4n) is 8.04. The number of para-hydroxylation sites is 1. The van der Waals surface area contributed by atoms with Gasteiger partial charge in [-0.05, 0) is 87.6 Å². The Balaban J connectivity index is 1.24. The van der Waals surface area contributed by atoms with Crippen LogP contribution in [0.5, 0.6) is 5.75 Å². The second kappa shape index (κ2) is 10.5. The minimum absolute atomic E-state index is 0.0979. The van der Waals surface area contributed by atoms with Gasteiger partial charge in [-0.1, -0.05) is 32.0 Å². The van der Waals surface area contributed by atoms with Gasteiger partial charge in [0.25, 0.3) is 5.91 Å². The van der Waals surface area contributed by atoms with Gasteiger partial charge in [-0.2, -0.15) is 0 Å². The fraction of sp³-hybridized carbons (Fsp3) is 0.556. The van der Waals surface area contributed by atoms with Crippen molar-refractivity contribution in [2.75, 3.05) is 19.7 Å². The molecular weight excluding hydrogens is 566 g/mol. The molecule has 1 saturated heterocycles. The van der Waals surface area contributed by atoms with E-state index in [2.05, 4.69) is 54.1 Å². The molecule has 2 unspecified atom stereocenters. The number of carbonyl (C=O) groups is 2. The molecule has 2 aliphatic carbocycles. The van der Waals surface area contributed by atoms with Crippen LogP contribution in [0.4, 0.5) is 4.79 Å². The Kier molecular flexibility index (Phi) is 7.02. The number of rotatable bonds is 5. The summed E-state index contributed by atoms with van der Waals surface area (Å²) in [7, 11) is 0.